The molecule has 2 aromatic rings. The Balaban J connectivity index is 1.81. The highest BCUT2D eigenvalue weighted by Gasteiger charge is 2.42. The van der Waals surface area contributed by atoms with Gasteiger partial charge in [-0.05, 0) is 73.4 Å². The molecule has 2 aromatic carbocycles. The van der Waals surface area contributed by atoms with Gasteiger partial charge in [0.1, 0.15) is 5.75 Å². The first-order valence-electron chi connectivity index (χ1n) is 11.8. The molecule has 1 N–H and O–H groups in total. The molecule has 1 heterocycles. The van der Waals surface area contributed by atoms with E-state index in [9.17, 15) is 9.90 Å². The van der Waals surface area contributed by atoms with Gasteiger partial charge in [0, 0.05) is 18.8 Å². The highest BCUT2D eigenvalue weighted by atomic mass is 35.5. The molecule has 178 valence electrons. The summed E-state index contributed by atoms with van der Waals surface area (Å²) in [6.07, 6.45) is 5.71. The number of benzene rings is 2. The Bertz CT molecular complexity index is 1020. The molecule has 4 rings (SSSR count). The number of hydrogen-bond donors (Lipinski definition) is 1. The van der Waals surface area contributed by atoms with Crippen LogP contribution in [0.15, 0.2) is 24.3 Å². The van der Waals surface area contributed by atoms with Crippen LogP contribution in [-0.2, 0) is 26.3 Å². The number of ether oxygens (including phenoxy) is 3. The number of halogens is 1. The number of aryl methyl sites for hydroxylation is 1. The van der Waals surface area contributed by atoms with Crippen LogP contribution in [0.1, 0.15) is 60.8 Å². The Kier molecular flexibility index (Phi) is 7.32. The molecule has 6 heteroatoms. The molecular weight excluding hydrogens is 440 g/mol. The van der Waals surface area contributed by atoms with Crippen LogP contribution < -0.4 is 4.74 Å². The van der Waals surface area contributed by atoms with Gasteiger partial charge in [0.25, 0.3) is 0 Å². The summed E-state index contributed by atoms with van der Waals surface area (Å²) in [6.45, 7) is 5.36. The predicted octanol–water partition coefficient (Wildman–Crippen LogP) is 6.22. The Labute approximate surface area is 201 Å². The third-order valence-electron chi connectivity index (χ3n) is 7.41. The molecule has 0 spiro atoms. The summed E-state index contributed by atoms with van der Waals surface area (Å²) < 4.78 is 17.4. The third kappa shape index (κ3) is 4.64. The standard InChI is InChI=1S/C27H33ClO5/c1-17-14-23(24(28)25(31-3)18(17)2)22-9-8-20(27(26(29)30)10-12-32-13-11-27)15-19(22)16-33-21-6-4-5-7-21/h8-9,14-15,21H,4-7,10-13,16H2,1-3H3,(H,29,30). The Morgan fingerprint density at radius 3 is 2.48 bits per heavy atom. The van der Waals surface area contributed by atoms with E-state index in [1.54, 1.807) is 7.11 Å². The highest BCUT2D eigenvalue weighted by molar-refractivity contribution is 6.35. The predicted molar refractivity (Wildman–Crippen MR) is 129 cm³/mol. The molecule has 1 aliphatic heterocycles. The minimum Gasteiger partial charge on any atom is -0.495 e. The number of rotatable bonds is 7. The maximum atomic E-state index is 12.4. The fourth-order valence-electron chi connectivity index (χ4n) is 5.17. The quantitative estimate of drug-likeness (QED) is 0.517. The van der Waals surface area contributed by atoms with Crippen LogP contribution in [0.25, 0.3) is 11.1 Å². The van der Waals surface area contributed by atoms with Crippen LogP contribution in [0.2, 0.25) is 5.02 Å². The molecule has 0 amide bonds. The molecule has 1 saturated carbocycles. The number of hydrogen-bond acceptors (Lipinski definition) is 4. The lowest BCUT2D eigenvalue weighted by atomic mass is 9.73. The van der Waals surface area contributed by atoms with Gasteiger partial charge in [0.05, 0.1) is 30.3 Å². The van der Waals surface area contributed by atoms with Crippen molar-refractivity contribution < 1.29 is 24.1 Å². The topological polar surface area (TPSA) is 65.0 Å². The van der Waals surface area contributed by atoms with Crippen molar-refractivity contribution in [1.29, 1.82) is 0 Å². The lowest BCUT2D eigenvalue weighted by molar-refractivity contribution is -0.147. The maximum Gasteiger partial charge on any atom is 0.314 e. The van der Waals surface area contributed by atoms with Crippen molar-refractivity contribution in [2.24, 2.45) is 0 Å². The maximum absolute atomic E-state index is 12.4. The van der Waals surface area contributed by atoms with Gasteiger partial charge < -0.3 is 19.3 Å². The molecule has 0 aromatic heterocycles. The first-order chi connectivity index (χ1) is 15.9. The van der Waals surface area contributed by atoms with Gasteiger partial charge >= 0.3 is 5.97 Å². The van der Waals surface area contributed by atoms with Crippen LogP contribution in [0, 0.1) is 13.8 Å². The van der Waals surface area contributed by atoms with E-state index in [1.165, 1.54) is 12.8 Å². The van der Waals surface area contributed by atoms with Crippen LogP contribution in [0.3, 0.4) is 0 Å². The zero-order chi connectivity index (χ0) is 23.6. The van der Waals surface area contributed by atoms with E-state index >= 15 is 0 Å². The summed E-state index contributed by atoms with van der Waals surface area (Å²) in [5.74, 6) is -0.128. The zero-order valence-electron chi connectivity index (χ0n) is 19.7. The minimum absolute atomic E-state index is 0.253. The second-order valence-corrected chi connectivity index (χ2v) is 9.68. The summed E-state index contributed by atoms with van der Waals surface area (Å²) in [5.41, 5.74) is 4.75. The van der Waals surface area contributed by atoms with Crippen molar-refractivity contribution in [1.82, 2.24) is 0 Å². The molecule has 0 radical (unpaired) electrons. The zero-order valence-corrected chi connectivity index (χ0v) is 20.5. The largest absolute Gasteiger partial charge is 0.495 e. The molecule has 1 saturated heterocycles. The number of carboxylic acid groups (broad SMARTS) is 1. The van der Waals surface area contributed by atoms with Gasteiger partial charge in [-0.25, -0.2) is 0 Å². The first kappa shape index (κ1) is 24.1. The molecule has 0 bridgehead atoms. The normalized spacial score (nSPS) is 18.4. The van der Waals surface area contributed by atoms with Gasteiger partial charge in [0.2, 0.25) is 0 Å². The van der Waals surface area contributed by atoms with E-state index in [1.807, 2.05) is 32.0 Å². The molecule has 5 nitrogen and oxygen atoms in total. The van der Waals surface area contributed by atoms with Crippen molar-refractivity contribution in [3.05, 3.63) is 51.5 Å². The lowest BCUT2D eigenvalue weighted by Gasteiger charge is -2.34. The second-order valence-electron chi connectivity index (χ2n) is 9.30. The number of carboxylic acids is 1. The van der Waals surface area contributed by atoms with E-state index in [0.717, 1.165) is 46.2 Å². The third-order valence-corrected chi connectivity index (χ3v) is 7.79. The van der Waals surface area contributed by atoms with Crippen molar-refractivity contribution >= 4 is 17.6 Å². The number of carbonyl (C=O) groups is 1. The second kappa shape index (κ2) is 10.0. The highest BCUT2D eigenvalue weighted by Crippen LogP contribution is 2.43. The van der Waals surface area contributed by atoms with E-state index in [4.69, 9.17) is 25.8 Å². The number of methoxy groups -OCH3 is 1. The Hall–Kier alpha value is -2.08. The monoisotopic (exact) mass is 472 g/mol. The molecular formula is C27H33ClO5. The fraction of sp³-hybridized carbons (Fsp3) is 0.519. The van der Waals surface area contributed by atoms with Gasteiger partial charge in [-0.1, -0.05) is 42.6 Å². The van der Waals surface area contributed by atoms with Crippen LogP contribution in [0.5, 0.6) is 5.75 Å². The van der Waals surface area contributed by atoms with Crippen molar-refractivity contribution in [2.45, 2.75) is 70.5 Å². The van der Waals surface area contributed by atoms with Crippen LogP contribution >= 0.6 is 11.6 Å². The van der Waals surface area contributed by atoms with Crippen molar-refractivity contribution in [3.63, 3.8) is 0 Å². The minimum atomic E-state index is -0.941. The summed E-state index contributed by atoms with van der Waals surface area (Å²) in [5, 5.41) is 10.7. The summed E-state index contributed by atoms with van der Waals surface area (Å²) in [7, 11) is 1.63. The average Bonchev–Trinajstić information content (AvgIpc) is 3.34. The molecule has 0 atom stereocenters. The smallest absolute Gasteiger partial charge is 0.314 e. The van der Waals surface area contributed by atoms with Crippen molar-refractivity contribution in [3.8, 4) is 16.9 Å². The van der Waals surface area contributed by atoms with Crippen LogP contribution in [-0.4, -0.2) is 37.5 Å². The average molecular weight is 473 g/mol. The fourth-order valence-corrected chi connectivity index (χ4v) is 5.55. The van der Waals surface area contributed by atoms with Crippen LogP contribution in [0.4, 0.5) is 0 Å². The van der Waals surface area contributed by atoms with E-state index in [0.29, 0.717) is 43.4 Å². The van der Waals surface area contributed by atoms with Gasteiger partial charge in [-0.15, -0.1) is 0 Å². The SMILES string of the molecule is COc1c(C)c(C)cc(-c2ccc(C3(C(=O)O)CCOCC3)cc2COC2CCCC2)c1Cl. The Morgan fingerprint density at radius 2 is 1.85 bits per heavy atom. The molecule has 1 aliphatic carbocycles. The van der Waals surface area contributed by atoms with Gasteiger partial charge in [-0.3, -0.25) is 4.79 Å². The first-order valence-corrected chi connectivity index (χ1v) is 12.2. The van der Waals surface area contributed by atoms with Gasteiger partial charge in [0.15, 0.2) is 0 Å². The summed E-state index contributed by atoms with van der Waals surface area (Å²) in [4.78, 5) is 12.4. The van der Waals surface area contributed by atoms with E-state index in [-0.39, 0.29) is 6.10 Å². The van der Waals surface area contributed by atoms with E-state index < -0.39 is 11.4 Å². The summed E-state index contributed by atoms with van der Waals surface area (Å²) in [6, 6.07) is 8.03. The molecule has 2 fully saturated rings. The molecule has 0 unspecified atom stereocenters. The van der Waals surface area contributed by atoms with Gasteiger partial charge in [-0.2, -0.15) is 0 Å². The van der Waals surface area contributed by atoms with E-state index in [2.05, 4.69) is 6.07 Å². The molecule has 33 heavy (non-hydrogen) atoms. The number of aliphatic carboxylic acids is 1. The van der Waals surface area contributed by atoms with Crippen molar-refractivity contribution in [2.75, 3.05) is 20.3 Å². The molecule has 2 aliphatic rings. The summed E-state index contributed by atoms with van der Waals surface area (Å²) >= 11 is 6.81. The Morgan fingerprint density at radius 1 is 1.15 bits per heavy atom. The lowest BCUT2D eigenvalue weighted by Crippen LogP contribution is -2.41.